The van der Waals surface area contributed by atoms with Crippen molar-refractivity contribution in [2.45, 2.75) is 0 Å². The van der Waals surface area contributed by atoms with E-state index in [0.717, 1.165) is 0 Å². The summed E-state index contributed by atoms with van der Waals surface area (Å²) in [6.07, 6.45) is 1.50. The molecule has 0 spiro atoms. The molecule has 0 aliphatic heterocycles. The van der Waals surface area contributed by atoms with Gasteiger partial charge in [0, 0.05) is 0 Å². The molecule has 0 radical (unpaired) electrons. The van der Waals surface area contributed by atoms with E-state index >= 15 is 0 Å². The molecule has 0 saturated heterocycles. The second-order valence-electron chi connectivity index (χ2n) is 1.82. The van der Waals surface area contributed by atoms with E-state index < -0.39 is 0 Å². The maximum Gasteiger partial charge on any atom is 0.154 e. The Labute approximate surface area is 72.8 Å². The fourth-order valence-corrected chi connectivity index (χ4v) is 1.03. The van der Waals surface area contributed by atoms with E-state index in [1.165, 1.54) is 6.20 Å². The number of nitriles is 1. The van der Waals surface area contributed by atoms with Crippen molar-refractivity contribution in [2.24, 2.45) is 0 Å². The number of halogens is 1. The lowest BCUT2D eigenvalue weighted by atomic mass is 10.4. The fraction of sp³-hybridized carbons (Fsp3) is 0.143. The number of pyridine rings is 1. The van der Waals surface area contributed by atoms with Crippen LogP contribution < -0.4 is 4.74 Å². The number of ether oxygens (including phenoxy) is 1. The van der Waals surface area contributed by atoms with Crippen molar-refractivity contribution in [2.75, 3.05) is 7.11 Å². The van der Waals surface area contributed by atoms with Gasteiger partial charge in [-0.15, -0.1) is 0 Å². The van der Waals surface area contributed by atoms with Gasteiger partial charge in [0.1, 0.15) is 11.8 Å². The highest BCUT2D eigenvalue weighted by Crippen LogP contribution is 2.19. The molecular formula is C7H5BrN2O. The van der Waals surface area contributed by atoms with E-state index in [0.29, 0.717) is 15.9 Å². The van der Waals surface area contributed by atoms with Crippen LogP contribution in [0, 0.1) is 11.3 Å². The summed E-state index contributed by atoms with van der Waals surface area (Å²) in [5.41, 5.74) is 0.366. The summed E-state index contributed by atoms with van der Waals surface area (Å²) in [4.78, 5) is 3.83. The predicted molar refractivity (Wildman–Crippen MR) is 43.2 cm³/mol. The van der Waals surface area contributed by atoms with Gasteiger partial charge in [-0.25, -0.2) is 4.98 Å². The van der Waals surface area contributed by atoms with Gasteiger partial charge in [0.25, 0.3) is 0 Å². The van der Waals surface area contributed by atoms with Crippen molar-refractivity contribution in [1.82, 2.24) is 4.98 Å². The van der Waals surface area contributed by atoms with Crippen LogP contribution in [0.2, 0.25) is 0 Å². The van der Waals surface area contributed by atoms with Crippen molar-refractivity contribution in [3.63, 3.8) is 0 Å². The number of rotatable bonds is 1. The van der Waals surface area contributed by atoms with Crippen LogP contribution in [0.5, 0.6) is 5.75 Å². The van der Waals surface area contributed by atoms with E-state index in [2.05, 4.69) is 20.9 Å². The first-order valence-corrected chi connectivity index (χ1v) is 3.67. The smallest absolute Gasteiger partial charge is 0.154 e. The van der Waals surface area contributed by atoms with Crippen LogP contribution in [-0.4, -0.2) is 12.1 Å². The molecule has 0 amide bonds. The zero-order chi connectivity index (χ0) is 8.27. The topological polar surface area (TPSA) is 45.9 Å². The average Bonchev–Trinajstić information content (AvgIpc) is 2.04. The maximum atomic E-state index is 8.50. The second kappa shape index (κ2) is 3.35. The molecule has 0 fully saturated rings. The summed E-state index contributed by atoms with van der Waals surface area (Å²) in [7, 11) is 1.55. The minimum atomic E-state index is 0.366. The van der Waals surface area contributed by atoms with Gasteiger partial charge in [0.05, 0.1) is 17.8 Å². The molecule has 0 unspecified atom stereocenters. The van der Waals surface area contributed by atoms with Crippen molar-refractivity contribution >= 4 is 15.9 Å². The van der Waals surface area contributed by atoms with Crippen LogP contribution in [0.3, 0.4) is 0 Å². The van der Waals surface area contributed by atoms with Gasteiger partial charge >= 0.3 is 0 Å². The molecular weight excluding hydrogens is 208 g/mol. The van der Waals surface area contributed by atoms with Crippen LogP contribution in [0.25, 0.3) is 0 Å². The van der Waals surface area contributed by atoms with Crippen molar-refractivity contribution in [3.8, 4) is 11.8 Å². The van der Waals surface area contributed by atoms with Gasteiger partial charge in [0.2, 0.25) is 0 Å². The Morgan fingerprint density at radius 1 is 1.73 bits per heavy atom. The molecule has 0 aliphatic rings. The number of nitrogens with zero attached hydrogens (tertiary/aromatic N) is 2. The third-order valence-corrected chi connectivity index (χ3v) is 1.76. The molecule has 56 valence electrons. The minimum absolute atomic E-state index is 0.366. The molecule has 11 heavy (non-hydrogen) atoms. The van der Waals surface area contributed by atoms with E-state index in [1.54, 1.807) is 13.2 Å². The molecule has 1 aromatic heterocycles. The molecule has 1 rings (SSSR count). The van der Waals surface area contributed by atoms with E-state index in [-0.39, 0.29) is 0 Å². The average molecular weight is 213 g/mol. The van der Waals surface area contributed by atoms with Gasteiger partial charge < -0.3 is 4.74 Å². The van der Waals surface area contributed by atoms with Crippen LogP contribution in [0.1, 0.15) is 5.69 Å². The monoisotopic (exact) mass is 212 g/mol. The number of hydrogen-bond donors (Lipinski definition) is 0. The van der Waals surface area contributed by atoms with Gasteiger partial charge in [-0.1, -0.05) is 0 Å². The SMILES string of the molecule is COc1cnc(C#N)c(Br)c1. The van der Waals surface area contributed by atoms with Crippen molar-refractivity contribution < 1.29 is 4.74 Å². The molecule has 0 aromatic carbocycles. The van der Waals surface area contributed by atoms with Crippen LogP contribution in [0.15, 0.2) is 16.7 Å². The quantitative estimate of drug-likeness (QED) is 0.713. The fourth-order valence-electron chi connectivity index (χ4n) is 0.614. The molecule has 0 atom stereocenters. The number of methoxy groups -OCH3 is 1. The summed E-state index contributed by atoms with van der Waals surface area (Å²) in [6, 6.07) is 3.63. The van der Waals surface area contributed by atoms with E-state index in [4.69, 9.17) is 10.00 Å². The van der Waals surface area contributed by atoms with Crippen LogP contribution >= 0.6 is 15.9 Å². The lowest BCUT2D eigenvalue weighted by molar-refractivity contribution is 0.412. The number of aromatic nitrogens is 1. The zero-order valence-electron chi connectivity index (χ0n) is 5.84. The van der Waals surface area contributed by atoms with Gasteiger partial charge in [-0.3, -0.25) is 0 Å². The van der Waals surface area contributed by atoms with Crippen LogP contribution in [0.4, 0.5) is 0 Å². The zero-order valence-corrected chi connectivity index (χ0v) is 7.42. The Morgan fingerprint density at radius 2 is 2.45 bits per heavy atom. The first kappa shape index (κ1) is 8.02. The third-order valence-electron chi connectivity index (χ3n) is 1.16. The van der Waals surface area contributed by atoms with Gasteiger partial charge in [-0.05, 0) is 22.0 Å². The predicted octanol–water partition coefficient (Wildman–Crippen LogP) is 1.72. The molecule has 1 aromatic rings. The summed E-state index contributed by atoms with van der Waals surface area (Å²) >= 11 is 3.18. The largest absolute Gasteiger partial charge is 0.495 e. The minimum Gasteiger partial charge on any atom is -0.495 e. The molecule has 4 heteroatoms. The lowest BCUT2D eigenvalue weighted by Crippen LogP contribution is -1.87. The van der Waals surface area contributed by atoms with E-state index in [9.17, 15) is 0 Å². The van der Waals surface area contributed by atoms with Crippen molar-refractivity contribution in [3.05, 3.63) is 22.4 Å². The Morgan fingerprint density at radius 3 is 2.91 bits per heavy atom. The standard InChI is InChI=1S/C7H5BrN2O/c1-11-5-2-6(8)7(3-9)10-4-5/h2,4H,1H3. The molecule has 1 heterocycles. The molecule has 0 aliphatic carbocycles. The van der Waals surface area contributed by atoms with Crippen LogP contribution in [-0.2, 0) is 0 Å². The molecule has 0 saturated carbocycles. The normalized spacial score (nSPS) is 8.82. The molecule has 3 nitrogen and oxygen atoms in total. The Bertz CT molecular complexity index is 306. The first-order valence-electron chi connectivity index (χ1n) is 2.87. The third kappa shape index (κ3) is 1.69. The van der Waals surface area contributed by atoms with Crippen molar-refractivity contribution in [1.29, 1.82) is 5.26 Å². The molecule has 0 N–H and O–H groups in total. The Kier molecular flexibility index (Phi) is 2.44. The Hall–Kier alpha value is -1.08. The lowest BCUT2D eigenvalue weighted by Gasteiger charge is -1.98. The summed E-state index contributed by atoms with van der Waals surface area (Å²) < 4.78 is 5.54. The van der Waals surface area contributed by atoms with Gasteiger partial charge in [0.15, 0.2) is 5.69 Å². The summed E-state index contributed by atoms with van der Waals surface area (Å²) in [5, 5.41) is 8.50. The number of hydrogen-bond acceptors (Lipinski definition) is 3. The summed E-state index contributed by atoms with van der Waals surface area (Å²) in [6.45, 7) is 0. The van der Waals surface area contributed by atoms with Gasteiger partial charge in [-0.2, -0.15) is 5.26 Å². The second-order valence-corrected chi connectivity index (χ2v) is 2.67. The summed E-state index contributed by atoms with van der Waals surface area (Å²) in [5.74, 6) is 0.635. The maximum absolute atomic E-state index is 8.50. The first-order chi connectivity index (χ1) is 5.27. The molecule has 0 bridgehead atoms. The highest BCUT2D eigenvalue weighted by atomic mass is 79.9. The Balaban J connectivity index is 3.12. The highest BCUT2D eigenvalue weighted by Gasteiger charge is 2.00. The van der Waals surface area contributed by atoms with E-state index in [1.807, 2.05) is 6.07 Å². The highest BCUT2D eigenvalue weighted by molar-refractivity contribution is 9.10.